The molecule has 1 aliphatic heterocycles. The lowest BCUT2D eigenvalue weighted by atomic mass is 10.1. The molecule has 0 radical (unpaired) electrons. The summed E-state index contributed by atoms with van der Waals surface area (Å²) in [7, 11) is 0. The van der Waals surface area contributed by atoms with Crippen LogP contribution in [0.2, 0.25) is 0 Å². The van der Waals surface area contributed by atoms with Gasteiger partial charge in [0.15, 0.2) is 11.5 Å². The smallest absolute Gasteiger partial charge is 0.231 e. The Morgan fingerprint density at radius 3 is 2.86 bits per heavy atom. The van der Waals surface area contributed by atoms with Crippen LogP contribution in [0.4, 0.5) is 10.1 Å². The van der Waals surface area contributed by atoms with E-state index in [1.165, 1.54) is 12.1 Å². The lowest BCUT2D eigenvalue weighted by molar-refractivity contribution is -0.116. The van der Waals surface area contributed by atoms with Crippen molar-refractivity contribution in [1.82, 2.24) is 0 Å². The first-order valence-electron chi connectivity index (χ1n) is 6.65. The largest absolute Gasteiger partial charge is 0.454 e. The van der Waals surface area contributed by atoms with Crippen LogP contribution in [0.3, 0.4) is 0 Å². The molecule has 5 heteroatoms. The molecule has 1 heterocycles. The maximum atomic E-state index is 13.0. The van der Waals surface area contributed by atoms with Crippen LogP contribution in [0, 0.1) is 5.82 Å². The summed E-state index contributed by atoms with van der Waals surface area (Å²) >= 11 is 0. The first kappa shape index (κ1) is 13.4. The number of fused-ring (bicyclic) bond motifs is 1. The van der Waals surface area contributed by atoms with Gasteiger partial charge in [0.1, 0.15) is 5.82 Å². The number of ether oxygens (including phenoxy) is 2. The summed E-state index contributed by atoms with van der Waals surface area (Å²) in [6.45, 7) is 0.235. The van der Waals surface area contributed by atoms with Gasteiger partial charge in [0.25, 0.3) is 0 Å². The molecular weight excluding hydrogens is 273 g/mol. The monoisotopic (exact) mass is 287 g/mol. The molecule has 1 amide bonds. The molecule has 2 aromatic rings. The van der Waals surface area contributed by atoms with Crippen LogP contribution in [0.15, 0.2) is 42.5 Å². The minimum atomic E-state index is -0.372. The zero-order valence-corrected chi connectivity index (χ0v) is 11.3. The van der Waals surface area contributed by atoms with E-state index in [2.05, 4.69) is 5.32 Å². The Kier molecular flexibility index (Phi) is 3.73. The van der Waals surface area contributed by atoms with Gasteiger partial charge in [0.05, 0.1) is 0 Å². The number of nitrogens with one attached hydrogen (secondary N) is 1. The SMILES string of the molecule is O=C(CCc1ccc2c(c1)OCO2)Nc1cccc(F)c1. The molecule has 3 rings (SSSR count). The van der Waals surface area contributed by atoms with Crippen molar-refractivity contribution in [2.75, 3.05) is 12.1 Å². The summed E-state index contributed by atoms with van der Waals surface area (Å²) in [5.74, 6) is 0.905. The Labute approximate surface area is 121 Å². The predicted octanol–water partition coefficient (Wildman–Crippen LogP) is 3.13. The van der Waals surface area contributed by atoms with Crippen molar-refractivity contribution in [3.05, 3.63) is 53.8 Å². The highest BCUT2D eigenvalue weighted by Crippen LogP contribution is 2.32. The Morgan fingerprint density at radius 2 is 2.00 bits per heavy atom. The van der Waals surface area contributed by atoms with Crippen LogP contribution in [0.25, 0.3) is 0 Å². The average molecular weight is 287 g/mol. The first-order chi connectivity index (χ1) is 10.2. The number of rotatable bonds is 4. The minimum Gasteiger partial charge on any atom is -0.454 e. The van der Waals surface area contributed by atoms with Crippen molar-refractivity contribution >= 4 is 11.6 Å². The van der Waals surface area contributed by atoms with Gasteiger partial charge in [-0.05, 0) is 42.3 Å². The van der Waals surface area contributed by atoms with Gasteiger partial charge in [-0.2, -0.15) is 0 Å². The maximum absolute atomic E-state index is 13.0. The van der Waals surface area contributed by atoms with Crippen molar-refractivity contribution in [1.29, 1.82) is 0 Å². The van der Waals surface area contributed by atoms with E-state index in [4.69, 9.17) is 9.47 Å². The molecule has 0 unspecified atom stereocenters. The van der Waals surface area contributed by atoms with Crippen LogP contribution in [0.5, 0.6) is 11.5 Å². The molecule has 0 bridgehead atoms. The third-order valence-electron chi connectivity index (χ3n) is 3.19. The van der Waals surface area contributed by atoms with Gasteiger partial charge in [0.2, 0.25) is 12.7 Å². The lowest BCUT2D eigenvalue weighted by Crippen LogP contribution is -2.12. The fourth-order valence-electron chi connectivity index (χ4n) is 2.14. The minimum absolute atomic E-state index is 0.154. The van der Waals surface area contributed by atoms with Crippen LogP contribution >= 0.6 is 0 Å². The summed E-state index contributed by atoms with van der Waals surface area (Å²) in [5, 5.41) is 2.67. The van der Waals surface area contributed by atoms with E-state index in [1.54, 1.807) is 12.1 Å². The summed E-state index contributed by atoms with van der Waals surface area (Å²) in [6, 6.07) is 11.5. The number of hydrogen-bond acceptors (Lipinski definition) is 3. The molecule has 2 aromatic carbocycles. The van der Waals surface area contributed by atoms with E-state index < -0.39 is 0 Å². The topological polar surface area (TPSA) is 47.6 Å². The molecule has 0 saturated carbocycles. The number of carbonyl (C=O) groups excluding carboxylic acids is 1. The van der Waals surface area contributed by atoms with E-state index in [-0.39, 0.29) is 18.5 Å². The standard InChI is InChI=1S/C16H14FNO3/c17-12-2-1-3-13(9-12)18-16(19)7-5-11-4-6-14-15(8-11)21-10-20-14/h1-4,6,8-9H,5,7,10H2,(H,18,19). The second-order valence-electron chi connectivity index (χ2n) is 4.75. The Morgan fingerprint density at radius 1 is 1.14 bits per heavy atom. The normalized spacial score (nSPS) is 12.2. The zero-order chi connectivity index (χ0) is 14.7. The molecule has 21 heavy (non-hydrogen) atoms. The molecule has 4 nitrogen and oxygen atoms in total. The number of amides is 1. The second-order valence-corrected chi connectivity index (χ2v) is 4.75. The van der Waals surface area contributed by atoms with E-state index >= 15 is 0 Å². The molecule has 0 saturated heterocycles. The zero-order valence-electron chi connectivity index (χ0n) is 11.3. The van der Waals surface area contributed by atoms with Gasteiger partial charge >= 0.3 is 0 Å². The van der Waals surface area contributed by atoms with Crippen molar-refractivity contribution in [3.8, 4) is 11.5 Å². The van der Waals surface area contributed by atoms with Gasteiger partial charge in [-0.15, -0.1) is 0 Å². The van der Waals surface area contributed by atoms with Gasteiger partial charge in [-0.1, -0.05) is 12.1 Å². The van der Waals surface area contributed by atoms with Crippen LogP contribution in [-0.4, -0.2) is 12.7 Å². The third-order valence-corrected chi connectivity index (χ3v) is 3.19. The van der Waals surface area contributed by atoms with E-state index in [9.17, 15) is 9.18 Å². The quantitative estimate of drug-likeness (QED) is 0.939. The molecule has 0 fully saturated rings. The molecule has 108 valence electrons. The van der Waals surface area contributed by atoms with Gasteiger partial charge in [0, 0.05) is 12.1 Å². The van der Waals surface area contributed by atoms with Crippen LogP contribution in [-0.2, 0) is 11.2 Å². The third kappa shape index (κ3) is 3.31. The molecule has 0 aromatic heterocycles. The van der Waals surface area contributed by atoms with Crippen molar-refractivity contribution in [3.63, 3.8) is 0 Å². The summed E-state index contributed by atoms with van der Waals surface area (Å²) < 4.78 is 23.5. The van der Waals surface area contributed by atoms with Crippen molar-refractivity contribution in [2.24, 2.45) is 0 Å². The number of halogens is 1. The van der Waals surface area contributed by atoms with Gasteiger partial charge in [-0.25, -0.2) is 4.39 Å². The van der Waals surface area contributed by atoms with E-state index in [1.807, 2.05) is 18.2 Å². The average Bonchev–Trinajstić information content (AvgIpc) is 2.92. The van der Waals surface area contributed by atoms with Gasteiger partial charge < -0.3 is 14.8 Å². The molecule has 0 atom stereocenters. The number of benzene rings is 2. The van der Waals surface area contributed by atoms with Crippen LogP contribution < -0.4 is 14.8 Å². The van der Waals surface area contributed by atoms with E-state index in [0.29, 0.717) is 24.3 Å². The Hall–Kier alpha value is -2.56. The van der Waals surface area contributed by atoms with Crippen LogP contribution in [0.1, 0.15) is 12.0 Å². The molecule has 0 spiro atoms. The molecule has 1 aliphatic rings. The number of hydrogen-bond donors (Lipinski definition) is 1. The number of aryl methyl sites for hydroxylation is 1. The summed E-state index contributed by atoms with van der Waals surface area (Å²) in [5.41, 5.74) is 1.46. The van der Waals surface area contributed by atoms with Crippen molar-refractivity contribution in [2.45, 2.75) is 12.8 Å². The number of carbonyl (C=O) groups is 1. The molecule has 1 N–H and O–H groups in total. The maximum Gasteiger partial charge on any atom is 0.231 e. The van der Waals surface area contributed by atoms with E-state index in [0.717, 1.165) is 11.3 Å². The van der Waals surface area contributed by atoms with Crippen molar-refractivity contribution < 1.29 is 18.7 Å². The Balaban J connectivity index is 1.56. The fourth-order valence-corrected chi connectivity index (χ4v) is 2.14. The second kappa shape index (κ2) is 5.83. The summed E-state index contributed by atoms with van der Waals surface area (Å²) in [6.07, 6.45) is 0.897. The fraction of sp³-hybridized carbons (Fsp3) is 0.188. The highest BCUT2D eigenvalue weighted by Gasteiger charge is 2.13. The summed E-state index contributed by atoms with van der Waals surface area (Å²) in [4.78, 5) is 11.8. The number of anilines is 1. The van der Waals surface area contributed by atoms with Gasteiger partial charge in [-0.3, -0.25) is 4.79 Å². The molecule has 0 aliphatic carbocycles. The highest BCUT2D eigenvalue weighted by atomic mass is 19.1. The highest BCUT2D eigenvalue weighted by molar-refractivity contribution is 5.90. The first-order valence-corrected chi connectivity index (χ1v) is 6.65. The predicted molar refractivity (Wildman–Crippen MR) is 75.9 cm³/mol. The molecular formula is C16H14FNO3. The Bertz CT molecular complexity index is 672. The lowest BCUT2D eigenvalue weighted by Gasteiger charge is -2.06.